The van der Waals surface area contributed by atoms with Gasteiger partial charge in [-0.05, 0) is 31.9 Å². The van der Waals surface area contributed by atoms with Gasteiger partial charge >= 0.3 is 5.97 Å². The van der Waals surface area contributed by atoms with Crippen LogP contribution in [0.4, 0.5) is 0 Å². The number of rotatable bonds is 4. The first-order chi connectivity index (χ1) is 12.0. The van der Waals surface area contributed by atoms with Gasteiger partial charge in [-0.15, -0.1) is 0 Å². The minimum absolute atomic E-state index is 0.0545. The largest absolute Gasteiger partial charge is 0.462 e. The van der Waals surface area contributed by atoms with Crippen LogP contribution < -0.4 is 5.43 Å². The van der Waals surface area contributed by atoms with Crippen molar-refractivity contribution in [3.8, 4) is 0 Å². The average molecular weight is 337 g/mol. The number of fused-ring (bicyclic) bond motifs is 1. The molecular formula is C19H19N3O3. The number of hydrogen-bond donors (Lipinski definition) is 2. The third-order valence-corrected chi connectivity index (χ3v) is 4.84. The summed E-state index contributed by atoms with van der Waals surface area (Å²) in [5.41, 5.74) is 5.62. The topological polar surface area (TPSA) is 83.6 Å². The molecule has 1 aliphatic carbocycles. The Morgan fingerprint density at radius 2 is 2.12 bits per heavy atom. The molecule has 0 radical (unpaired) electrons. The van der Waals surface area contributed by atoms with E-state index >= 15 is 0 Å². The molecule has 1 amide bonds. The maximum absolute atomic E-state index is 12.5. The summed E-state index contributed by atoms with van der Waals surface area (Å²) in [6.45, 7) is 4.16. The standard InChI is InChI=1S/C19H19N3O3/c1-3-25-18(24)15-11-6-4-5-7-13(11)20-14(15)10-12-16(19(2)8-9-19)21-22-17(12)23/h4-7,10,20H,3,8-9H2,1-2H3,(H,22,23)/b12-10-. The van der Waals surface area contributed by atoms with Gasteiger partial charge in [0.25, 0.3) is 5.91 Å². The molecule has 1 aromatic heterocycles. The maximum atomic E-state index is 12.5. The van der Waals surface area contributed by atoms with E-state index in [0.717, 1.165) is 29.5 Å². The first-order valence-electron chi connectivity index (χ1n) is 8.42. The van der Waals surface area contributed by atoms with Crippen LogP contribution >= 0.6 is 0 Å². The zero-order chi connectivity index (χ0) is 17.6. The summed E-state index contributed by atoms with van der Waals surface area (Å²) >= 11 is 0. The number of H-pyrrole nitrogens is 1. The van der Waals surface area contributed by atoms with Crippen LogP contribution in [0.1, 0.15) is 42.7 Å². The van der Waals surface area contributed by atoms with E-state index < -0.39 is 5.97 Å². The van der Waals surface area contributed by atoms with Gasteiger partial charge in [0, 0.05) is 16.3 Å². The molecule has 0 unspecified atom stereocenters. The third kappa shape index (κ3) is 2.54. The molecule has 2 aliphatic rings. The van der Waals surface area contributed by atoms with Crippen LogP contribution in [-0.4, -0.2) is 29.2 Å². The van der Waals surface area contributed by atoms with Crippen LogP contribution in [0.25, 0.3) is 17.0 Å². The Labute approximate surface area is 144 Å². The minimum Gasteiger partial charge on any atom is -0.462 e. The number of carbonyl (C=O) groups is 2. The number of nitrogens with zero attached hydrogens (tertiary/aromatic N) is 1. The number of amides is 1. The molecule has 6 nitrogen and oxygen atoms in total. The van der Waals surface area contributed by atoms with Crippen LogP contribution in [0.15, 0.2) is 34.9 Å². The van der Waals surface area contributed by atoms with Gasteiger partial charge in [-0.3, -0.25) is 4.79 Å². The van der Waals surface area contributed by atoms with E-state index in [0.29, 0.717) is 23.4 Å². The predicted molar refractivity (Wildman–Crippen MR) is 95.2 cm³/mol. The predicted octanol–water partition coefficient (Wildman–Crippen LogP) is 3.01. The van der Waals surface area contributed by atoms with Gasteiger partial charge in [0.05, 0.1) is 29.1 Å². The molecule has 0 spiro atoms. The van der Waals surface area contributed by atoms with Crippen molar-refractivity contribution in [2.24, 2.45) is 10.5 Å². The molecule has 1 fully saturated rings. The molecule has 1 aliphatic heterocycles. The van der Waals surface area contributed by atoms with E-state index in [-0.39, 0.29) is 11.3 Å². The third-order valence-electron chi connectivity index (χ3n) is 4.84. The number of aromatic nitrogens is 1. The van der Waals surface area contributed by atoms with Crippen molar-refractivity contribution in [3.63, 3.8) is 0 Å². The lowest BCUT2D eigenvalue weighted by Crippen LogP contribution is -2.17. The van der Waals surface area contributed by atoms with Gasteiger partial charge in [-0.1, -0.05) is 25.1 Å². The number of nitrogens with one attached hydrogen (secondary N) is 2. The van der Waals surface area contributed by atoms with E-state index in [1.165, 1.54) is 0 Å². The zero-order valence-corrected chi connectivity index (χ0v) is 14.2. The van der Waals surface area contributed by atoms with Crippen LogP contribution in [0.5, 0.6) is 0 Å². The molecule has 6 heteroatoms. The fourth-order valence-electron chi connectivity index (χ4n) is 3.19. The molecule has 128 valence electrons. The quantitative estimate of drug-likeness (QED) is 0.664. The smallest absolute Gasteiger partial charge is 0.340 e. The fraction of sp³-hybridized carbons (Fsp3) is 0.316. The SMILES string of the molecule is CCOC(=O)c1c(/C=C2\C(=O)NN=C2C2(C)CC2)[nH]c2ccccc12. The van der Waals surface area contributed by atoms with Crippen molar-refractivity contribution in [3.05, 3.63) is 41.1 Å². The zero-order valence-electron chi connectivity index (χ0n) is 14.2. The van der Waals surface area contributed by atoms with Crippen molar-refractivity contribution in [1.82, 2.24) is 10.4 Å². The molecular weight excluding hydrogens is 318 g/mol. The van der Waals surface area contributed by atoms with Crippen LogP contribution in [0.3, 0.4) is 0 Å². The van der Waals surface area contributed by atoms with Gasteiger partial charge in [-0.25, -0.2) is 10.2 Å². The Morgan fingerprint density at radius 3 is 2.84 bits per heavy atom. The van der Waals surface area contributed by atoms with Crippen LogP contribution in [0.2, 0.25) is 0 Å². The number of benzene rings is 1. The van der Waals surface area contributed by atoms with E-state index in [1.807, 2.05) is 24.3 Å². The van der Waals surface area contributed by atoms with Crippen molar-refractivity contribution in [2.75, 3.05) is 6.61 Å². The first kappa shape index (κ1) is 15.6. The van der Waals surface area contributed by atoms with E-state index in [2.05, 4.69) is 22.4 Å². The van der Waals surface area contributed by atoms with E-state index in [9.17, 15) is 9.59 Å². The summed E-state index contributed by atoms with van der Waals surface area (Å²) in [7, 11) is 0. The second-order valence-corrected chi connectivity index (χ2v) is 6.70. The molecule has 0 saturated heterocycles. The molecule has 0 bridgehead atoms. The number of para-hydroxylation sites is 1. The number of hydrazone groups is 1. The second-order valence-electron chi connectivity index (χ2n) is 6.70. The van der Waals surface area contributed by atoms with Crippen molar-refractivity contribution < 1.29 is 14.3 Å². The monoisotopic (exact) mass is 337 g/mol. The second kappa shape index (κ2) is 5.58. The molecule has 1 saturated carbocycles. The van der Waals surface area contributed by atoms with Crippen LogP contribution in [0, 0.1) is 5.41 Å². The number of hydrogen-bond acceptors (Lipinski definition) is 4. The number of aromatic amines is 1. The Kier molecular flexibility index (Phi) is 3.49. The molecule has 0 atom stereocenters. The summed E-state index contributed by atoms with van der Waals surface area (Å²) in [4.78, 5) is 28.0. The lowest BCUT2D eigenvalue weighted by molar-refractivity contribution is -0.116. The highest BCUT2D eigenvalue weighted by molar-refractivity contribution is 6.30. The molecule has 25 heavy (non-hydrogen) atoms. The lowest BCUT2D eigenvalue weighted by atomic mass is 9.94. The fourth-order valence-corrected chi connectivity index (χ4v) is 3.19. The molecule has 2 heterocycles. The molecule has 1 aromatic carbocycles. The van der Waals surface area contributed by atoms with E-state index in [1.54, 1.807) is 13.0 Å². The highest BCUT2D eigenvalue weighted by atomic mass is 16.5. The van der Waals surface area contributed by atoms with Gasteiger partial charge in [0.15, 0.2) is 0 Å². The Hall–Kier alpha value is -2.89. The highest BCUT2D eigenvalue weighted by Gasteiger charge is 2.47. The summed E-state index contributed by atoms with van der Waals surface area (Å²) in [5.74, 6) is -0.641. The van der Waals surface area contributed by atoms with Crippen molar-refractivity contribution in [2.45, 2.75) is 26.7 Å². The van der Waals surface area contributed by atoms with Crippen LogP contribution in [-0.2, 0) is 9.53 Å². The summed E-state index contributed by atoms with van der Waals surface area (Å²) < 4.78 is 5.21. The van der Waals surface area contributed by atoms with Gasteiger partial charge in [-0.2, -0.15) is 5.10 Å². The number of esters is 1. The Morgan fingerprint density at radius 1 is 1.36 bits per heavy atom. The maximum Gasteiger partial charge on any atom is 0.340 e. The van der Waals surface area contributed by atoms with Crippen molar-refractivity contribution in [1.29, 1.82) is 0 Å². The minimum atomic E-state index is -0.402. The van der Waals surface area contributed by atoms with E-state index in [4.69, 9.17) is 4.74 Å². The van der Waals surface area contributed by atoms with Gasteiger partial charge in [0.2, 0.25) is 0 Å². The lowest BCUT2D eigenvalue weighted by Gasteiger charge is -2.08. The number of carbonyl (C=O) groups excluding carboxylic acids is 2. The average Bonchev–Trinajstić information content (AvgIpc) is 3.07. The normalized spacial score (nSPS) is 19.8. The highest BCUT2D eigenvalue weighted by Crippen LogP contribution is 2.49. The molecule has 2 N–H and O–H groups in total. The molecule has 2 aromatic rings. The van der Waals surface area contributed by atoms with Gasteiger partial charge < -0.3 is 9.72 Å². The van der Waals surface area contributed by atoms with Gasteiger partial charge in [0.1, 0.15) is 0 Å². The Balaban J connectivity index is 1.86. The Bertz CT molecular complexity index is 948. The number of ether oxygens (including phenoxy) is 1. The van der Waals surface area contributed by atoms with Crippen molar-refractivity contribution >= 4 is 34.6 Å². The summed E-state index contributed by atoms with van der Waals surface area (Å²) in [5, 5.41) is 4.99. The summed E-state index contributed by atoms with van der Waals surface area (Å²) in [6, 6.07) is 7.53. The summed E-state index contributed by atoms with van der Waals surface area (Å²) in [6.07, 6.45) is 3.74. The first-order valence-corrected chi connectivity index (χ1v) is 8.42. The molecule has 4 rings (SSSR count).